The first kappa shape index (κ1) is 12.4. The van der Waals surface area contributed by atoms with Gasteiger partial charge in [0.2, 0.25) is 5.95 Å². The first-order valence-corrected chi connectivity index (χ1v) is 6.43. The van der Waals surface area contributed by atoms with Crippen LogP contribution in [0.1, 0.15) is 19.3 Å². The summed E-state index contributed by atoms with van der Waals surface area (Å²) in [6.45, 7) is 0. The number of aromatic nitrogens is 1. The number of thioether (sulfide) groups is 1. The van der Waals surface area contributed by atoms with Crippen molar-refractivity contribution in [1.82, 2.24) is 4.98 Å². The predicted octanol–water partition coefficient (Wildman–Crippen LogP) is 2.66. The molecule has 1 aromatic rings. The van der Waals surface area contributed by atoms with Crippen LogP contribution in [0.15, 0.2) is 23.2 Å². The summed E-state index contributed by atoms with van der Waals surface area (Å²) in [5.41, 5.74) is 0.0670. The van der Waals surface area contributed by atoms with Crippen LogP contribution in [0.5, 0.6) is 0 Å². The monoisotopic (exact) mass is 255 g/mol. The number of rotatable bonds is 5. The largest absolute Gasteiger partial charge is 0.469 e. The Hall–Kier alpha value is -1.10. The average molecular weight is 255 g/mol. The molecule has 17 heavy (non-hydrogen) atoms. The topological polar surface area (TPSA) is 39.2 Å². The highest BCUT2D eigenvalue weighted by atomic mass is 32.2. The number of ether oxygens (including phenoxy) is 1. The molecule has 0 aliphatic heterocycles. The van der Waals surface area contributed by atoms with Crippen LogP contribution < -0.4 is 0 Å². The number of carbonyl (C=O) groups is 1. The minimum absolute atomic E-state index is 0.0670. The maximum Gasteiger partial charge on any atom is 0.306 e. The van der Waals surface area contributed by atoms with E-state index in [-0.39, 0.29) is 11.4 Å². The third kappa shape index (κ3) is 3.43. The number of methoxy groups -OCH3 is 1. The lowest BCUT2D eigenvalue weighted by atomic mass is 10.1. The number of pyridine rings is 1. The van der Waals surface area contributed by atoms with Gasteiger partial charge in [0, 0.05) is 22.9 Å². The van der Waals surface area contributed by atoms with Crippen molar-refractivity contribution in [3.8, 4) is 0 Å². The van der Waals surface area contributed by atoms with Gasteiger partial charge in [-0.15, -0.1) is 11.8 Å². The van der Waals surface area contributed by atoms with Gasteiger partial charge in [-0.2, -0.15) is 4.39 Å². The van der Waals surface area contributed by atoms with Crippen molar-refractivity contribution < 1.29 is 13.9 Å². The molecule has 0 spiro atoms. The van der Waals surface area contributed by atoms with Gasteiger partial charge in [0.1, 0.15) is 0 Å². The molecule has 3 nitrogen and oxygen atoms in total. The Morgan fingerprint density at radius 1 is 1.65 bits per heavy atom. The minimum Gasteiger partial charge on any atom is -0.469 e. The van der Waals surface area contributed by atoms with E-state index in [0.29, 0.717) is 6.42 Å². The molecule has 2 rings (SSSR count). The van der Waals surface area contributed by atoms with E-state index in [9.17, 15) is 9.18 Å². The van der Waals surface area contributed by atoms with E-state index in [0.717, 1.165) is 23.5 Å². The number of hydrogen-bond acceptors (Lipinski definition) is 4. The van der Waals surface area contributed by atoms with Crippen molar-refractivity contribution in [1.29, 1.82) is 0 Å². The standard InChI is InChI=1S/C12H14FNO2S/c1-16-11(15)7-12(3-4-12)8-17-9-2-5-14-10(13)6-9/h2,5-6H,3-4,7-8H2,1H3. The van der Waals surface area contributed by atoms with E-state index < -0.39 is 5.95 Å². The molecule has 0 atom stereocenters. The highest BCUT2D eigenvalue weighted by Crippen LogP contribution is 2.52. The Kier molecular flexibility index (Phi) is 3.66. The quantitative estimate of drug-likeness (QED) is 0.460. The maximum atomic E-state index is 12.9. The molecule has 1 aliphatic carbocycles. The number of esters is 1. The van der Waals surface area contributed by atoms with Gasteiger partial charge in [-0.05, 0) is 24.3 Å². The molecule has 0 aromatic carbocycles. The molecule has 0 unspecified atom stereocenters. The van der Waals surface area contributed by atoms with Crippen molar-refractivity contribution in [3.63, 3.8) is 0 Å². The molecule has 0 saturated heterocycles. The zero-order chi connectivity index (χ0) is 12.3. The van der Waals surface area contributed by atoms with Gasteiger partial charge in [0.05, 0.1) is 13.5 Å². The summed E-state index contributed by atoms with van der Waals surface area (Å²) < 4.78 is 17.5. The fourth-order valence-electron chi connectivity index (χ4n) is 1.64. The lowest BCUT2D eigenvalue weighted by molar-refractivity contribution is -0.141. The molecule has 1 fully saturated rings. The summed E-state index contributed by atoms with van der Waals surface area (Å²) in [5.74, 6) is 0.197. The molecule has 1 heterocycles. The number of halogens is 1. The second-order valence-electron chi connectivity index (χ2n) is 4.36. The summed E-state index contributed by atoms with van der Waals surface area (Å²) in [5, 5.41) is 0. The fraction of sp³-hybridized carbons (Fsp3) is 0.500. The molecule has 0 radical (unpaired) electrons. The first-order valence-electron chi connectivity index (χ1n) is 5.45. The van der Waals surface area contributed by atoms with Crippen LogP contribution in [0.4, 0.5) is 4.39 Å². The molecule has 92 valence electrons. The summed E-state index contributed by atoms with van der Waals surface area (Å²) in [6, 6.07) is 3.20. The lowest BCUT2D eigenvalue weighted by Crippen LogP contribution is -2.12. The van der Waals surface area contributed by atoms with Crippen LogP contribution in [-0.4, -0.2) is 23.8 Å². The van der Waals surface area contributed by atoms with Crippen molar-refractivity contribution in [2.24, 2.45) is 5.41 Å². The third-order valence-electron chi connectivity index (χ3n) is 2.95. The first-order chi connectivity index (χ1) is 8.13. The van der Waals surface area contributed by atoms with E-state index in [4.69, 9.17) is 0 Å². The van der Waals surface area contributed by atoms with Crippen molar-refractivity contribution in [2.75, 3.05) is 12.9 Å². The normalized spacial score (nSPS) is 16.6. The Morgan fingerprint density at radius 3 is 3.00 bits per heavy atom. The highest BCUT2D eigenvalue weighted by molar-refractivity contribution is 7.99. The summed E-state index contributed by atoms with van der Waals surface area (Å²) in [6.07, 6.45) is 4.01. The van der Waals surface area contributed by atoms with Crippen LogP contribution in [0.2, 0.25) is 0 Å². The number of carbonyl (C=O) groups excluding carboxylic acids is 1. The smallest absolute Gasteiger partial charge is 0.306 e. The van der Waals surface area contributed by atoms with Gasteiger partial charge in [-0.1, -0.05) is 0 Å². The molecule has 1 aromatic heterocycles. The Balaban J connectivity index is 1.88. The van der Waals surface area contributed by atoms with Crippen molar-refractivity contribution in [2.45, 2.75) is 24.2 Å². The molecule has 1 saturated carbocycles. The van der Waals surface area contributed by atoms with E-state index in [1.165, 1.54) is 19.4 Å². The summed E-state index contributed by atoms with van der Waals surface area (Å²) >= 11 is 1.57. The number of nitrogens with zero attached hydrogens (tertiary/aromatic N) is 1. The SMILES string of the molecule is COC(=O)CC1(CSc2ccnc(F)c2)CC1. The van der Waals surface area contributed by atoms with Gasteiger partial charge < -0.3 is 4.74 Å². The van der Waals surface area contributed by atoms with Crippen LogP contribution in [0.3, 0.4) is 0 Å². The van der Waals surface area contributed by atoms with Gasteiger partial charge in [0.15, 0.2) is 0 Å². The second kappa shape index (κ2) is 5.04. The Morgan fingerprint density at radius 2 is 2.41 bits per heavy atom. The lowest BCUT2D eigenvalue weighted by Gasteiger charge is -2.12. The van der Waals surface area contributed by atoms with E-state index in [1.54, 1.807) is 17.8 Å². The van der Waals surface area contributed by atoms with Gasteiger partial charge in [0.25, 0.3) is 0 Å². The average Bonchev–Trinajstić information content (AvgIpc) is 3.07. The van der Waals surface area contributed by atoms with E-state index in [1.807, 2.05) is 0 Å². The van der Waals surface area contributed by atoms with Crippen molar-refractivity contribution >= 4 is 17.7 Å². The Labute approximate surface area is 104 Å². The van der Waals surface area contributed by atoms with Crippen LogP contribution >= 0.6 is 11.8 Å². The second-order valence-corrected chi connectivity index (χ2v) is 5.40. The molecule has 5 heteroatoms. The molecular formula is C12H14FNO2S. The molecule has 0 N–H and O–H groups in total. The zero-order valence-electron chi connectivity index (χ0n) is 9.61. The maximum absolute atomic E-state index is 12.9. The molecule has 0 bridgehead atoms. The third-order valence-corrected chi connectivity index (χ3v) is 4.29. The summed E-state index contributed by atoms with van der Waals surface area (Å²) in [7, 11) is 1.41. The fourth-order valence-corrected chi connectivity index (χ4v) is 2.84. The molecule has 1 aliphatic rings. The summed E-state index contributed by atoms with van der Waals surface area (Å²) in [4.78, 5) is 15.6. The predicted molar refractivity (Wildman–Crippen MR) is 63.2 cm³/mol. The van der Waals surface area contributed by atoms with Crippen LogP contribution in [0.25, 0.3) is 0 Å². The molecule has 0 amide bonds. The van der Waals surface area contributed by atoms with Crippen LogP contribution in [-0.2, 0) is 9.53 Å². The van der Waals surface area contributed by atoms with E-state index >= 15 is 0 Å². The Bertz CT molecular complexity index is 421. The van der Waals surface area contributed by atoms with Gasteiger partial charge in [-0.25, -0.2) is 4.98 Å². The number of hydrogen-bond donors (Lipinski definition) is 0. The van der Waals surface area contributed by atoms with Gasteiger partial charge >= 0.3 is 5.97 Å². The van der Waals surface area contributed by atoms with Crippen LogP contribution in [0, 0.1) is 11.4 Å². The van der Waals surface area contributed by atoms with E-state index in [2.05, 4.69) is 9.72 Å². The van der Waals surface area contributed by atoms with Gasteiger partial charge in [-0.3, -0.25) is 4.79 Å². The van der Waals surface area contributed by atoms with Crippen molar-refractivity contribution in [3.05, 3.63) is 24.3 Å². The zero-order valence-corrected chi connectivity index (χ0v) is 10.4. The molecular weight excluding hydrogens is 241 g/mol. The minimum atomic E-state index is -0.465. The highest BCUT2D eigenvalue weighted by Gasteiger charge is 2.44.